The average Bonchev–Trinajstić information content (AvgIpc) is 3.00. The van der Waals surface area contributed by atoms with E-state index in [0.717, 1.165) is 0 Å². The van der Waals surface area contributed by atoms with Crippen molar-refractivity contribution in [1.82, 2.24) is 0 Å². The number of alkyl halides is 8. The topological polar surface area (TPSA) is 56.4 Å². The lowest BCUT2D eigenvalue weighted by molar-refractivity contribution is -0.154. The van der Waals surface area contributed by atoms with E-state index in [1.807, 2.05) is 0 Å². The molecule has 0 unspecified atom stereocenters. The lowest BCUT2D eigenvalue weighted by Crippen LogP contribution is -2.29. The minimum atomic E-state index is -4.38. The molecule has 2 aromatic rings. The van der Waals surface area contributed by atoms with Crippen LogP contribution in [0.4, 0.5) is 43.9 Å². The molecule has 0 aromatic heterocycles. The van der Waals surface area contributed by atoms with Crippen LogP contribution in [-0.4, -0.2) is 21.9 Å². The van der Waals surface area contributed by atoms with E-state index in [1.165, 1.54) is 6.07 Å². The Hall–Kier alpha value is -2.60. The number of benzene rings is 2. The Morgan fingerprint density at radius 2 is 1.24 bits per heavy atom. The Balaban J connectivity index is 0.000000186. The van der Waals surface area contributed by atoms with Gasteiger partial charge in [-0.1, -0.05) is 5.16 Å². The molecule has 0 aliphatic carbocycles. The Morgan fingerprint density at radius 1 is 0.788 bits per heavy atom. The van der Waals surface area contributed by atoms with Gasteiger partial charge in [-0.05, 0) is 47.8 Å². The van der Waals surface area contributed by atoms with E-state index >= 15 is 0 Å². The summed E-state index contributed by atoms with van der Waals surface area (Å²) in [6, 6.07) is 3.72. The second-order valence-corrected chi connectivity index (χ2v) is 8.63. The molecule has 2 heterocycles. The van der Waals surface area contributed by atoms with E-state index in [1.54, 1.807) is 0 Å². The van der Waals surface area contributed by atoms with Crippen LogP contribution in [-0.2, 0) is 11.8 Å². The van der Waals surface area contributed by atoms with Crippen LogP contribution >= 0.6 is 23.5 Å². The fourth-order valence-electron chi connectivity index (χ4n) is 2.82. The van der Waals surface area contributed by atoms with Crippen LogP contribution in [0.1, 0.15) is 22.3 Å². The van der Waals surface area contributed by atoms with E-state index in [-0.39, 0.29) is 0 Å². The Labute approximate surface area is 186 Å². The van der Waals surface area contributed by atoms with E-state index in [9.17, 15) is 43.9 Å². The summed E-state index contributed by atoms with van der Waals surface area (Å²) < 4.78 is 131. The molecule has 0 saturated heterocycles. The second kappa shape index (κ2) is 8.01. The first-order valence-corrected chi connectivity index (χ1v) is 9.88. The van der Waals surface area contributed by atoms with Crippen LogP contribution < -0.4 is 0 Å². The van der Waals surface area contributed by atoms with Gasteiger partial charge in [-0.25, -0.2) is 8.78 Å². The van der Waals surface area contributed by atoms with Crippen molar-refractivity contribution in [3.05, 3.63) is 58.2 Å². The zero-order chi connectivity index (χ0) is 25.0. The average molecular weight is 520 g/mol. The quantitative estimate of drug-likeness (QED) is 0.192. The van der Waals surface area contributed by atoms with E-state index in [0.29, 0.717) is 30.5 Å². The van der Waals surface area contributed by atoms with Crippen molar-refractivity contribution in [3.8, 4) is 6.07 Å². The summed E-state index contributed by atoms with van der Waals surface area (Å²) >= 11 is -0.925. The van der Waals surface area contributed by atoms with Crippen molar-refractivity contribution >= 4 is 29.7 Å². The lowest BCUT2D eigenvalue weighted by Gasteiger charge is -2.17. The molecule has 2 aliphatic rings. The number of oxime groups is 1. The zero-order valence-corrected chi connectivity index (χ0v) is 17.0. The molecule has 0 atom stereocenters. The highest BCUT2D eigenvalue weighted by molar-refractivity contribution is 8.01. The van der Waals surface area contributed by atoms with Gasteiger partial charge in [0.1, 0.15) is 23.3 Å². The summed E-state index contributed by atoms with van der Waals surface area (Å²) in [6.45, 7) is 0. The fraction of sp³-hybridized carbons (Fsp3) is 0.222. The minimum absolute atomic E-state index is 0.445. The zero-order valence-electron chi connectivity index (χ0n) is 15.3. The molecular weight excluding hydrogens is 514 g/mol. The second-order valence-electron chi connectivity index (χ2n) is 6.38. The monoisotopic (exact) mass is 520 g/mol. The van der Waals surface area contributed by atoms with Crippen molar-refractivity contribution < 1.29 is 49.1 Å². The molecule has 1 N–H and O–H groups in total. The molecule has 176 valence electrons. The van der Waals surface area contributed by atoms with Gasteiger partial charge in [0.2, 0.25) is 0 Å². The normalized spacial score (nSPS) is 20.5. The van der Waals surface area contributed by atoms with Crippen LogP contribution in [0, 0.1) is 23.0 Å². The highest BCUT2D eigenvalue weighted by Crippen LogP contribution is 2.62. The third-order valence-electron chi connectivity index (χ3n) is 4.42. The van der Waals surface area contributed by atoms with Crippen LogP contribution in [0.25, 0.3) is 0 Å². The summed E-state index contributed by atoms with van der Waals surface area (Å²) in [5.41, 5.74) is -3.31. The molecule has 0 saturated carbocycles. The SMILES string of the molecule is N#Cc1c(F)ccc2c1SC(F)(F)C2(F)F.O/N=C/c1c(F)ccc2c1SC(F)(F)C2(F)F. The smallest absolute Gasteiger partial charge is 0.364 e. The summed E-state index contributed by atoms with van der Waals surface area (Å²) in [5, 5.41) is 10.6. The van der Waals surface area contributed by atoms with Gasteiger partial charge in [0, 0.05) is 26.5 Å². The highest BCUT2D eigenvalue weighted by atomic mass is 32.2. The number of thioether (sulfide) groups is 2. The van der Waals surface area contributed by atoms with Crippen molar-refractivity contribution in [2.24, 2.45) is 5.16 Å². The van der Waals surface area contributed by atoms with E-state index in [2.05, 4.69) is 5.16 Å². The largest absolute Gasteiger partial charge is 0.411 e. The molecule has 2 aromatic carbocycles. The van der Waals surface area contributed by atoms with Crippen LogP contribution in [0.2, 0.25) is 0 Å². The van der Waals surface area contributed by atoms with Crippen LogP contribution in [0.5, 0.6) is 0 Å². The van der Waals surface area contributed by atoms with Crippen molar-refractivity contribution in [2.45, 2.75) is 32.1 Å². The standard InChI is InChI=1S/C9H4F5NOS.C9H2F5NS/c10-6-2-1-5-7(4(6)3-15-16)17-9(13,14)8(5,11)12;10-6-2-1-5-7(4(6)3-15)16-9(13,14)8(5,11)12/h1-3,16H;1-2H/b15-3+;. The van der Waals surface area contributed by atoms with Crippen molar-refractivity contribution in [1.29, 1.82) is 5.26 Å². The Bertz CT molecular complexity index is 1190. The molecule has 3 nitrogen and oxygen atoms in total. The van der Waals surface area contributed by atoms with Gasteiger partial charge < -0.3 is 5.21 Å². The summed E-state index contributed by atoms with van der Waals surface area (Å²) in [5.74, 6) is -10.9. The van der Waals surface area contributed by atoms with Gasteiger partial charge >= 0.3 is 22.4 Å². The molecule has 0 bridgehead atoms. The highest BCUT2D eigenvalue weighted by Gasteiger charge is 2.65. The number of nitrogens with zero attached hydrogens (tertiary/aromatic N) is 2. The fourth-order valence-corrected chi connectivity index (χ4v) is 4.93. The Morgan fingerprint density at radius 3 is 1.73 bits per heavy atom. The van der Waals surface area contributed by atoms with Crippen LogP contribution in [0.3, 0.4) is 0 Å². The third kappa shape index (κ3) is 3.78. The van der Waals surface area contributed by atoms with Crippen LogP contribution in [0.15, 0.2) is 39.2 Å². The molecule has 15 heteroatoms. The number of hydrogen-bond acceptors (Lipinski definition) is 5. The number of hydrogen-bond donors (Lipinski definition) is 1. The summed E-state index contributed by atoms with van der Waals surface area (Å²) in [6.07, 6.45) is 0.513. The molecule has 0 fully saturated rings. The van der Waals surface area contributed by atoms with Crippen molar-refractivity contribution in [2.75, 3.05) is 0 Å². The van der Waals surface area contributed by atoms with Gasteiger partial charge in [0.05, 0.1) is 6.21 Å². The molecule has 0 spiro atoms. The first-order valence-electron chi connectivity index (χ1n) is 8.25. The van der Waals surface area contributed by atoms with Gasteiger partial charge in [-0.2, -0.15) is 40.4 Å². The predicted octanol–water partition coefficient (Wildman–Crippen LogP) is 6.91. The van der Waals surface area contributed by atoms with Gasteiger partial charge in [-0.15, -0.1) is 0 Å². The first kappa shape index (κ1) is 25.0. The minimum Gasteiger partial charge on any atom is -0.411 e. The van der Waals surface area contributed by atoms with Gasteiger partial charge in [-0.3, -0.25) is 0 Å². The summed E-state index contributed by atoms with van der Waals surface area (Å²) in [7, 11) is 0. The van der Waals surface area contributed by atoms with E-state index < -0.39 is 89.6 Å². The molecule has 4 rings (SSSR count). The number of nitriles is 1. The van der Waals surface area contributed by atoms with Gasteiger partial charge in [0.15, 0.2) is 0 Å². The van der Waals surface area contributed by atoms with Crippen molar-refractivity contribution in [3.63, 3.8) is 0 Å². The third-order valence-corrected chi connectivity index (χ3v) is 6.71. The molecular formula is C18H6F10N2OS2. The maximum atomic E-state index is 13.3. The molecule has 0 amide bonds. The molecule has 2 aliphatic heterocycles. The molecule has 0 radical (unpaired) electrons. The Kier molecular flexibility index (Phi) is 6.08. The van der Waals surface area contributed by atoms with E-state index in [4.69, 9.17) is 10.5 Å². The molecule has 33 heavy (non-hydrogen) atoms. The number of rotatable bonds is 1. The maximum absolute atomic E-state index is 13.3. The number of halogens is 10. The summed E-state index contributed by atoms with van der Waals surface area (Å²) in [4.78, 5) is -1.30. The first-order chi connectivity index (χ1) is 15.1. The maximum Gasteiger partial charge on any atom is 0.364 e. The van der Waals surface area contributed by atoms with Gasteiger partial charge in [0.25, 0.3) is 0 Å². The lowest BCUT2D eigenvalue weighted by atomic mass is 10.1. The predicted molar refractivity (Wildman–Crippen MR) is 96.3 cm³/mol. The number of fused-ring (bicyclic) bond motifs is 2.